The zero-order chi connectivity index (χ0) is 12.0. The molecule has 0 spiro atoms. The first-order valence-corrected chi connectivity index (χ1v) is 6.90. The van der Waals surface area contributed by atoms with Gasteiger partial charge in [-0.05, 0) is 31.2 Å². The van der Waals surface area contributed by atoms with Gasteiger partial charge in [0.05, 0.1) is 7.11 Å². The minimum Gasteiger partial charge on any atom is -0.468 e. The summed E-state index contributed by atoms with van der Waals surface area (Å²) in [6.07, 6.45) is 4.57. The van der Waals surface area contributed by atoms with Gasteiger partial charge >= 0.3 is 6.03 Å². The molecule has 0 heterocycles. The number of carbonyl (C=O) groups excluding carboxylic acids is 1. The number of nitrogens with one attached hydrogen (secondary N) is 3. The summed E-state index contributed by atoms with van der Waals surface area (Å²) < 4.78 is 7.19. The topological polar surface area (TPSA) is 74.2 Å². The van der Waals surface area contributed by atoms with E-state index in [0.717, 1.165) is 12.8 Å². The molecule has 16 heavy (non-hydrogen) atoms. The molecule has 1 rings (SSSR count). The highest BCUT2D eigenvalue weighted by atomic mass is 79.9. The zero-order valence-electron chi connectivity index (χ0n) is 9.09. The van der Waals surface area contributed by atoms with E-state index in [0.29, 0.717) is 10.1 Å². The van der Waals surface area contributed by atoms with Gasteiger partial charge in [0.15, 0.2) is 0 Å². The molecule has 2 amide bonds. The number of hydrogen-bond acceptors (Lipinski definition) is 4. The van der Waals surface area contributed by atoms with Crippen molar-refractivity contribution in [2.45, 2.75) is 35.8 Å². The van der Waals surface area contributed by atoms with Crippen molar-refractivity contribution >= 4 is 39.9 Å². The summed E-state index contributed by atoms with van der Waals surface area (Å²) in [7, 11) is 1.34. The van der Waals surface area contributed by atoms with Crippen molar-refractivity contribution in [3.05, 3.63) is 0 Å². The molecule has 0 aromatic rings. The SMILES string of the molecule is COC(=N)NC(=O)NSC1CCCC(Br)C1. The van der Waals surface area contributed by atoms with Crippen molar-refractivity contribution in [1.29, 1.82) is 5.41 Å². The van der Waals surface area contributed by atoms with E-state index in [1.807, 2.05) is 0 Å². The molecule has 0 bridgehead atoms. The molecule has 5 nitrogen and oxygen atoms in total. The van der Waals surface area contributed by atoms with Crippen LogP contribution in [0.4, 0.5) is 4.79 Å². The maximum absolute atomic E-state index is 11.3. The van der Waals surface area contributed by atoms with Gasteiger partial charge in [0.2, 0.25) is 0 Å². The lowest BCUT2D eigenvalue weighted by Crippen LogP contribution is -2.38. The summed E-state index contributed by atoms with van der Waals surface area (Å²) in [6.45, 7) is 0. The summed E-state index contributed by atoms with van der Waals surface area (Å²) in [5.74, 6) is 0. The molecule has 0 radical (unpaired) electrons. The number of alkyl halides is 1. The van der Waals surface area contributed by atoms with E-state index in [1.165, 1.54) is 31.9 Å². The number of hydrogen-bond donors (Lipinski definition) is 3. The molecule has 0 aromatic carbocycles. The summed E-state index contributed by atoms with van der Waals surface area (Å²) >= 11 is 5.01. The molecule has 0 aliphatic heterocycles. The molecule has 1 saturated carbocycles. The van der Waals surface area contributed by atoms with Crippen LogP contribution in [0.1, 0.15) is 25.7 Å². The number of urea groups is 1. The van der Waals surface area contributed by atoms with Crippen LogP contribution in [0, 0.1) is 5.41 Å². The van der Waals surface area contributed by atoms with Crippen LogP contribution in [0.25, 0.3) is 0 Å². The molecule has 0 aromatic heterocycles. The molecule has 1 fully saturated rings. The summed E-state index contributed by atoms with van der Waals surface area (Å²) in [5, 5.41) is 9.82. The molecule has 92 valence electrons. The highest BCUT2D eigenvalue weighted by molar-refractivity contribution is 9.09. The highest BCUT2D eigenvalue weighted by Gasteiger charge is 2.21. The zero-order valence-corrected chi connectivity index (χ0v) is 11.5. The third-order valence-electron chi connectivity index (χ3n) is 2.31. The Bertz CT molecular complexity index is 265. The van der Waals surface area contributed by atoms with E-state index in [9.17, 15) is 4.79 Å². The Kier molecular flexibility index (Phi) is 5.97. The molecule has 7 heteroatoms. The van der Waals surface area contributed by atoms with Gasteiger partial charge in [-0.3, -0.25) is 15.4 Å². The predicted molar refractivity (Wildman–Crippen MR) is 69.0 cm³/mol. The number of carbonyl (C=O) groups is 1. The second-order valence-electron chi connectivity index (χ2n) is 3.59. The Morgan fingerprint density at radius 2 is 2.31 bits per heavy atom. The van der Waals surface area contributed by atoms with Crippen LogP contribution in [0.2, 0.25) is 0 Å². The lowest BCUT2D eigenvalue weighted by Gasteiger charge is -2.24. The van der Waals surface area contributed by atoms with Crippen molar-refractivity contribution in [3.63, 3.8) is 0 Å². The van der Waals surface area contributed by atoms with Crippen LogP contribution in [-0.2, 0) is 4.74 Å². The second-order valence-corrected chi connectivity index (χ2v) is 5.99. The molecule has 2 unspecified atom stereocenters. The van der Waals surface area contributed by atoms with Crippen LogP contribution in [0.3, 0.4) is 0 Å². The van der Waals surface area contributed by atoms with Gasteiger partial charge < -0.3 is 4.74 Å². The Morgan fingerprint density at radius 1 is 1.56 bits per heavy atom. The smallest absolute Gasteiger partial charge is 0.332 e. The number of methoxy groups -OCH3 is 1. The van der Waals surface area contributed by atoms with Crippen molar-refractivity contribution in [1.82, 2.24) is 10.0 Å². The van der Waals surface area contributed by atoms with Gasteiger partial charge in [-0.1, -0.05) is 22.4 Å². The molecular weight excluding hydrogens is 294 g/mol. The number of halogens is 1. The third kappa shape index (κ3) is 5.07. The largest absolute Gasteiger partial charge is 0.468 e. The van der Waals surface area contributed by atoms with Crippen LogP contribution in [-0.4, -0.2) is 29.2 Å². The first kappa shape index (κ1) is 13.6. The maximum atomic E-state index is 11.3. The quantitative estimate of drug-likeness (QED) is 0.317. The van der Waals surface area contributed by atoms with E-state index >= 15 is 0 Å². The highest BCUT2D eigenvalue weighted by Crippen LogP contribution is 2.30. The molecule has 0 saturated heterocycles. The van der Waals surface area contributed by atoms with Gasteiger partial charge in [0.1, 0.15) is 0 Å². The lowest BCUT2D eigenvalue weighted by atomic mass is 10.0. The van der Waals surface area contributed by atoms with Crippen LogP contribution in [0.5, 0.6) is 0 Å². The molecule has 2 atom stereocenters. The van der Waals surface area contributed by atoms with Gasteiger partial charge in [0.25, 0.3) is 6.02 Å². The van der Waals surface area contributed by atoms with E-state index in [-0.39, 0.29) is 6.02 Å². The van der Waals surface area contributed by atoms with E-state index in [1.54, 1.807) is 0 Å². The van der Waals surface area contributed by atoms with Gasteiger partial charge in [-0.25, -0.2) is 4.79 Å². The average molecular weight is 310 g/mol. The van der Waals surface area contributed by atoms with Crippen molar-refractivity contribution in [2.75, 3.05) is 7.11 Å². The Hall–Kier alpha value is -0.430. The summed E-state index contributed by atoms with van der Waals surface area (Å²) in [5.41, 5.74) is 0. The molecule has 1 aliphatic carbocycles. The Balaban J connectivity index is 2.18. The fraction of sp³-hybridized carbons (Fsp3) is 0.778. The number of amides is 2. The fourth-order valence-corrected chi connectivity index (χ4v) is 3.47. The molecule has 3 N–H and O–H groups in total. The Labute approximate surface area is 108 Å². The number of ether oxygens (including phenoxy) is 1. The van der Waals surface area contributed by atoms with Crippen LogP contribution < -0.4 is 10.0 Å². The van der Waals surface area contributed by atoms with Crippen molar-refractivity contribution in [3.8, 4) is 0 Å². The number of rotatable bonds is 2. The molecule has 1 aliphatic rings. The third-order valence-corrected chi connectivity index (χ3v) is 4.21. The minimum absolute atomic E-state index is 0.250. The van der Waals surface area contributed by atoms with Crippen molar-refractivity contribution < 1.29 is 9.53 Å². The predicted octanol–water partition coefficient (Wildman–Crippen LogP) is 2.22. The first-order chi connectivity index (χ1) is 7.61. The van der Waals surface area contributed by atoms with Crippen molar-refractivity contribution in [2.24, 2.45) is 0 Å². The van der Waals surface area contributed by atoms with Gasteiger partial charge in [0, 0.05) is 10.1 Å². The van der Waals surface area contributed by atoms with Gasteiger partial charge in [-0.2, -0.15) is 0 Å². The van der Waals surface area contributed by atoms with E-state index < -0.39 is 6.03 Å². The fourth-order valence-electron chi connectivity index (χ4n) is 1.51. The maximum Gasteiger partial charge on any atom is 0.332 e. The monoisotopic (exact) mass is 309 g/mol. The van der Waals surface area contributed by atoms with Gasteiger partial charge in [-0.15, -0.1) is 0 Å². The second kappa shape index (κ2) is 7.01. The lowest BCUT2D eigenvalue weighted by molar-refractivity contribution is 0.247. The number of amidine groups is 1. The Morgan fingerprint density at radius 3 is 2.94 bits per heavy atom. The standard InChI is InChI=1S/C9H16BrN3O2S/c1-15-8(11)12-9(14)13-16-7-4-2-3-6(10)5-7/h6-7H,2-5H2,1H3,(H3,11,12,13,14). The van der Waals surface area contributed by atoms with E-state index in [4.69, 9.17) is 5.41 Å². The summed E-state index contributed by atoms with van der Waals surface area (Å²) in [6, 6.07) is -0.659. The van der Waals surface area contributed by atoms with E-state index in [2.05, 4.69) is 30.7 Å². The first-order valence-electron chi connectivity index (χ1n) is 5.11. The minimum atomic E-state index is -0.409. The van der Waals surface area contributed by atoms with Crippen LogP contribution >= 0.6 is 27.9 Å². The summed E-state index contributed by atoms with van der Waals surface area (Å²) in [4.78, 5) is 11.8. The van der Waals surface area contributed by atoms with Crippen LogP contribution in [0.15, 0.2) is 0 Å². The normalized spacial score (nSPS) is 24.6. The molecular formula is C9H16BrN3O2S. The average Bonchev–Trinajstić information content (AvgIpc) is 2.26.